The maximum atomic E-state index is 7.40. The van der Waals surface area contributed by atoms with Crippen LogP contribution < -0.4 is 29.7 Å². The van der Waals surface area contributed by atoms with E-state index in [9.17, 15) is 0 Å². The Labute approximate surface area is 399 Å². The van der Waals surface area contributed by atoms with Crippen LogP contribution in [0.25, 0.3) is 43.6 Å². The van der Waals surface area contributed by atoms with Crippen molar-refractivity contribution in [2.45, 2.75) is 155 Å². The fourth-order valence-corrected chi connectivity index (χ4v) is 10.9. The van der Waals surface area contributed by atoms with E-state index in [0.29, 0.717) is 56.6 Å². The predicted molar refractivity (Wildman–Crippen MR) is 274 cm³/mol. The summed E-state index contributed by atoms with van der Waals surface area (Å²) in [6.45, 7) is 6.33. The zero-order valence-corrected chi connectivity index (χ0v) is 41.0. The van der Waals surface area contributed by atoms with Crippen LogP contribution in [0.2, 0.25) is 10.0 Å². The van der Waals surface area contributed by atoms with Crippen molar-refractivity contribution < 1.29 is 18.9 Å². The van der Waals surface area contributed by atoms with Crippen LogP contribution in [0.1, 0.15) is 142 Å². The van der Waals surface area contributed by atoms with E-state index in [2.05, 4.69) is 83.6 Å². The molecular formula is C56H66Cl2N4O4. The minimum Gasteiger partial charge on any atom is -0.494 e. The number of rotatable bonds is 24. The Bertz CT molecular complexity index is 2790. The number of unbranched alkanes of at least 4 members (excludes halogenated alkanes) is 18. The second kappa shape index (κ2) is 21.4. The third-order valence-corrected chi connectivity index (χ3v) is 14.6. The molecule has 9 rings (SSSR count). The number of hydrogen-bond donors (Lipinski definition) is 0. The van der Waals surface area contributed by atoms with Gasteiger partial charge >= 0.3 is 0 Å². The van der Waals surface area contributed by atoms with Crippen LogP contribution in [0, 0.1) is 0 Å². The molecule has 0 saturated heterocycles. The number of aryl methyl sites for hydroxylation is 2. The third kappa shape index (κ3) is 8.97. The molecule has 2 aromatic heterocycles. The molecule has 348 valence electrons. The van der Waals surface area contributed by atoms with Gasteiger partial charge in [-0.25, -0.2) is 9.98 Å². The quantitative estimate of drug-likeness (QED) is 0.0566. The highest BCUT2D eigenvalue weighted by Crippen LogP contribution is 2.54. The fraction of sp³-hybridized carbons (Fsp3) is 0.464. The van der Waals surface area contributed by atoms with Crippen molar-refractivity contribution >= 4 is 78.2 Å². The van der Waals surface area contributed by atoms with Gasteiger partial charge in [-0.2, -0.15) is 0 Å². The zero-order valence-electron chi connectivity index (χ0n) is 39.5. The Morgan fingerprint density at radius 3 is 1.17 bits per heavy atom. The molecule has 0 unspecified atom stereocenters. The van der Waals surface area contributed by atoms with Crippen molar-refractivity contribution in [2.75, 3.05) is 14.2 Å². The smallest absolute Gasteiger partial charge is 0.175 e. The normalized spacial score (nSPS) is 12.7. The van der Waals surface area contributed by atoms with Crippen molar-refractivity contribution in [2.24, 2.45) is 9.98 Å². The van der Waals surface area contributed by atoms with E-state index in [1.54, 1.807) is 14.2 Å². The molecule has 8 nitrogen and oxygen atoms in total. The fourth-order valence-electron chi connectivity index (χ4n) is 10.4. The number of para-hydroxylation sites is 2. The van der Waals surface area contributed by atoms with E-state index < -0.39 is 0 Å². The summed E-state index contributed by atoms with van der Waals surface area (Å²) in [7, 11) is 3.35. The lowest BCUT2D eigenvalue weighted by molar-refractivity contribution is 0.406. The number of halogens is 2. The Morgan fingerprint density at radius 2 is 0.803 bits per heavy atom. The Balaban J connectivity index is 1.04. The Morgan fingerprint density at radius 1 is 0.455 bits per heavy atom. The van der Waals surface area contributed by atoms with Gasteiger partial charge < -0.3 is 28.1 Å². The molecule has 2 aliphatic rings. The SMILES string of the molecule is CCCCCCCCCCCCn1c2ccccc2c2c3c(c(OC)cc21)N=c1c(Cl)c2c(c(Cl)c1O3)=Nc1c(OC)cc3c(c1O2)c1ccccc1n3CCCCCCCCCCCC. The molecule has 0 saturated carbocycles. The lowest BCUT2D eigenvalue weighted by Crippen LogP contribution is -2.22. The number of nitrogens with zero attached hydrogens (tertiary/aromatic N) is 4. The van der Waals surface area contributed by atoms with Crippen LogP contribution in [0.4, 0.5) is 11.4 Å². The number of fused-ring (bicyclic) bond motifs is 12. The van der Waals surface area contributed by atoms with Crippen molar-refractivity contribution in [1.82, 2.24) is 9.13 Å². The minimum atomic E-state index is 0.264. The van der Waals surface area contributed by atoms with Crippen molar-refractivity contribution in [3.63, 3.8) is 0 Å². The van der Waals surface area contributed by atoms with Crippen LogP contribution >= 0.6 is 23.2 Å². The van der Waals surface area contributed by atoms with E-state index in [1.165, 1.54) is 116 Å². The van der Waals surface area contributed by atoms with E-state index in [-0.39, 0.29) is 10.0 Å². The first-order chi connectivity index (χ1) is 32.5. The molecule has 2 aliphatic heterocycles. The third-order valence-electron chi connectivity index (χ3n) is 13.9. The first-order valence-electron chi connectivity index (χ1n) is 25.1. The summed E-state index contributed by atoms with van der Waals surface area (Å²) in [6.07, 6.45) is 25.8. The van der Waals surface area contributed by atoms with E-state index >= 15 is 0 Å². The molecule has 10 heteroatoms. The summed E-state index contributed by atoms with van der Waals surface area (Å²) in [5.74, 6) is 3.02. The van der Waals surface area contributed by atoms with Gasteiger partial charge in [0.05, 0.1) is 36.0 Å². The lowest BCUT2D eigenvalue weighted by Gasteiger charge is -2.23. The molecule has 0 N–H and O–H groups in total. The monoisotopic (exact) mass is 928 g/mol. The average Bonchev–Trinajstić information content (AvgIpc) is 3.84. The standard InChI is InChI=1S/C56H66Cl2N4O4/c1-5-7-9-11-13-15-17-19-21-27-33-61-39-31-25-23-29-37(39)45-41(61)35-43(63-3)49-53(45)65-55-47(57)52-56(48(58)51(55)59-49)66-54-46-38-30-24-26-32-40(38)62(42(46)36-44(64-4)50(54)60-52)34-28-22-20-18-16-14-12-10-8-6-2/h23-26,29-32,35-36H,5-22,27-28,33-34H2,1-4H3. The van der Waals surface area contributed by atoms with E-state index in [1.807, 2.05) is 0 Å². The van der Waals surface area contributed by atoms with E-state index in [0.717, 1.165) is 69.5 Å². The molecule has 0 radical (unpaired) electrons. The molecule has 66 heavy (non-hydrogen) atoms. The van der Waals surface area contributed by atoms with Gasteiger partial charge in [-0.1, -0.05) is 189 Å². The number of benzene rings is 5. The summed E-state index contributed by atoms with van der Waals surface area (Å²) in [4.78, 5) is 10.4. The van der Waals surface area contributed by atoms with Crippen LogP contribution in [0.5, 0.6) is 34.5 Å². The molecule has 0 aliphatic carbocycles. The predicted octanol–water partition coefficient (Wildman–Crippen LogP) is 17.2. The van der Waals surface area contributed by atoms with Gasteiger partial charge in [0.25, 0.3) is 0 Å². The van der Waals surface area contributed by atoms with Gasteiger partial charge in [0.2, 0.25) is 0 Å². The summed E-state index contributed by atoms with van der Waals surface area (Å²) in [6, 6.07) is 21.2. The highest BCUT2D eigenvalue weighted by atomic mass is 35.5. The van der Waals surface area contributed by atoms with Crippen LogP contribution in [0.15, 0.2) is 70.6 Å². The van der Waals surface area contributed by atoms with Gasteiger partial charge in [0, 0.05) is 47.0 Å². The molecule has 7 aromatic rings. The summed E-state index contributed by atoms with van der Waals surface area (Å²) in [5, 5.41) is 5.37. The zero-order chi connectivity index (χ0) is 45.6. The van der Waals surface area contributed by atoms with Gasteiger partial charge in [0.15, 0.2) is 23.0 Å². The highest BCUT2D eigenvalue weighted by Gasteiger charge is 2.33. The first-order valence-corrected chi connectivity index (χ1v) is 25.8. The lowest BCUT2D eigenvalue weighted by atomic mass is 10.1. The molecule has 0 atom stereocenters. The highest BCUT2D eigenvalue weighted by molar-refractivity contribution is 6.35. The molecule has 0 bridgehead atoms. The van der Waals surface area contributed by atoms with Crippen LogP contribution in [0.3, 0.4) is 0 Å². The van der Waals surface area contributed by atoms with Gasteiger partial charge in [-0.05, 0) is 25.0 Å². The molecule has 5 aromatic carbocycles. The minimum absolute atomic E-state index is 0.264. The maximum absolute atomic E-state index is 7.40. The average molecular weight is 930 g/mol. The molecule has 0 fully saturated rings. The van der Waals surface area contributed by atoms with Gasteiger partial charge in [-0.15, -0.1) is 0 Å². The summed E-state index contributed by atoms with van der Waals surface area (Å²) < 4.78 is 30.9. The first kappa shape index (κ1) is 46.2. The number of methoxy groups -OCH3 is 2. The summed E-state index contributed by atoms with van der Waals surface area (Å²) in [5.41, 5.74) is 5.47. The number of hydrogen-bond acceptors (Lipinski definition) is 6. The summed E-state index contributed by atoms with van der Waals surface area (Å²) >= 11 is 14.8. The van der Waals surface area contributed by atoms with Crippen molar-refractivity contribution in [3.8, 4) is 34.5 Å². The molecular weight excluding hydrogens is 864 g/mol. The number of ether oxygens (including phenoxy) is 4. The van der Waals surface area contributed by atoms with Crippen molar-refractivity contribution in [1.29, 1.82) is 0 Å². The largest absolute Gasteiger partial charge is 0.494 e. The Kier molecular flexibility index (Phi) is 15.0. The van der Waals surface area contributed by atoms with Crippen LogP contribution in [-0.2, 0) is 13.1 Å². The number of aromatic nitrogens is 2. The van der Waals surface area contributed by atoms with Crippen molar-refractivity contribution in [3.05, 3.63) is 81.4 Å². The van der Waals surface area contributed by atoms with E-state index in [4.69, 9.17) is 52.1 Å². The second-order valence-electron chi connectivity index (χ2n) is 18.4. The van der Waals surface area contributed by atoms with Gasteiger partial charge in [-0.3, -0.25) is 0 Å². The topological polar surface area (TPSA) is 71.5 Å². The second-order valence-corrected chi connectivity index (χ2v) is 19.2. The molecule has 4 heterocycles. The molecule has 0 amide bonds. The van der Waals surface area contributed by atoms with Crippen LogP contribution in [-0.4, -0.2) is 23.4 Å². The molecule has 0 spiro atoms. The maximum Gasteiger partial charge on any atom is 0.175 e. The Hall–Kier alpha value is -4.92. The van der Waals surface area contributed by atoms with Gasteiger partial charge in [0.1, 0.15) is 43.6 Å².